The molecule has 0 saturated heterocycles. The highest BCUT2D eigenvalue weighted by atomic mass is 79.9. The van der Waals surface area contributed by atoms with Crippen LogP contribution in [-0.2, 0) is 12.8 Å². The Kier molecular flexibility index (Phi) is 2.98. The molecule has 1 aromatic rings. The van der Waals surface area contributed by atoms with Gasteiger partial charge in [-0.05, 0) is 27.6 Å². The van der Waals surface area contributed by atoms with E-state index in [1.54, 1.807) is 0 Å². The van der Waals surface area contributed by atoms with Gasteiger partial charge in [-0.25, -0.2) is 0 Å². The molecule has 0 heterocycles. The summed E-state index contributed by atoms with van der Waals surface area (Å²) in [4.78, 5) is 0. The number of rotatable bonds is 1. The van der Waals surface area contributed by atoms with Crippen LogP contribution in [0.4, 0.5) is 13.2 Å². The molecule has 0 unspecified atom stereocenters. The van der Waals surface area contributed by atoms with Crippen LogP contribution in [0.25, 0.3) is 0 Å². The van der Waals surface area contributed by atoms with Gasteiger partial charge in [0, 0.05) is 4.47 Å². The molecule has 0 aliphatic heterocycles. The van der Waals surface area contributed by atoms with Crippen molar-refractivity contribution in [3.05, 3.63) is 33.8 Å². The average Bonchev–Trinajstić information content (AvgIpc) is 2.02. The highest BCUT2D eigenvalue weighted by molar-refractivity contribution is 9.10. The zero-order valence-electron chi connectivity index (χ0n) is 6.40. The quantitative estimate of drug-likeness (QED) is 0.817. The first kappa shape index (κ1) is 10.5. The topological polar surface area (TPSA) is 20.2 Å². The molecule has 0 atom stereocenters. The van der Waals surface area contributed by atoms with Crippen LogP contribution in [-0.4, -0.2) is 5.11 Å². The molecule has 1 nitrogen and oxygen atoms in total. The summed E-state index contributed by atoms with van der Waals surface area (Å²) in [5, 5.41) is 8.71. The molecule has 0 aliphatic rings. The first-order valence-electron chi connectivity index (χ1n) is 3.42. The maximum Gasteiger partial charge on any atom is 0.417 e. The van der Waals surface area contributed by atoms with Gasteiger partial charge in [-0.2, -0.15) is 13.2 Å². The van der Waals surface area contributed by atoms with Crippen molar-refractivity contribution >= 4 is 15.9 Å². The lowest BCUT2D eigenvalue weighted by Crippen LogP contribution is -2.07. The van der Waals surface area contributed by atoms with Crippen molar-refractivity contribution in [2.45, 2.75) is 12.8 Å². The van der Waals surface area contributed by atoms with Crippen LogP contribution in [0.15, 0.2) is 22.7 Å². The zero-order valence-corrected chi connectivity index (χ0v) is 7.98. The molecule has 0 radical (unpaired) electrons. The minimum atomic E-state index is -4.38. The van der Waals surface area contributed by atoms with Gasteiger partial charge in [0.25, 0.3) is 0 Å². The summed E-state index contributed by atoms with van der Waals surface area (Å²) in [6, 6.07) is 3.65. The molecule has 0 bridgehead atoms. The summed E-state index contributed by atoms with van der Waals surface area (Å²) >= 11 is 2.80. The van der Waals surface area contributed by atoms with Crippen LogP contribution in [0.2, 0.25) is 0 Å². The fourth-order valence-corrected chi connectivity index (χ4v) is 1.54. The van der Waals surface area contributed by atoms with E-state index in [0.29, 0.717) is 0 Å². The van der Waals surface area contributed by atoms with Gasteiger partial charge in [0.05, 0.1) is 12.2 Å². The van der Waals surface area contributed by atoms with Gasteiger partial charge in [0.2, 0.25) is 0 Å². The number of hydrogen-bond donors (Lipinski definition) is 1. The summed E-state index contributed by atoms with van der Waals surface area (Å²) < 4.78 is 36.7. The third-order valence-corrected chi connectivity index (χ3v) is 2.49. The van der Waals surface area contributed by atoms with Crippen LogP contribution in [0.1, 0.15) is 11.1 Å². The maximum atomic E-state index is 12.3. The van der Waals surface area contributed by atoms with E-state index in [1.807, 2.05) is 0 Å². The number of alkyl halides is 3. The lowest BCUT2D eigenvalue weighted by Gasteiger charge is -2.10. The molecule has 5 heteroatoms. The first-order chi connectivity index (χ1) is 5.96. The van der Waals surface area contributed by atoms with E-state index >= 15 is 0 Å². The van der Waals surface area contributed by atoms with Crippen molar-refractivity contribution in [1.82, 2.24) is 0 Å². The molecule has 1 aromatic carbocycles. The Hall–Kier alpha value is -0.550. The normalized spacial score (nSPS) is 11.8. The van der Waals surface area contributed by atoms with Crippen molar-refractivity contribution in [3.63, 3.8) is 0 Å². The zero-order chi connectivity index (χ0) is 10.1. The number of halogens is 4. The monoisotopic (exact) mass is 254 g/mol. The van der Waals surface area contributed by atoms with Crippen LogP contribution in [0.5, 0.6) is 0 Å². The molecular formula is C8H6BrF3O. The molecule has 13 heavy (non-hydrogen) atoms. The van der Waals surface area contributed by atoms with E-state index in [9.17, 15) is 13.2 Å². The summed E-state index contributed by atoms with van der Waals surface area (Å²) in [7, 11) is 0. The summed E-state index contributed by atoms with van der Waals surface area (Å²) in [5.74, 6) is 0. The predicted octanol–water partition coefficient (Wildman–Crippen LogP) is 2.96. The van der Waals surface area contributed by atoms with Crippen LogP contribution in [0, 0.1) is 0 Å². The molecule has 0 fully saturated rings. The lowest BCUT2D eigenvalue weighted by atomic mass is 10.1. The molecule has 0 aromatic heterocycles. The Balaban J connectivity index is 3.24. The van der Waals surface area contributed by atoms with Crippen molar-refractivity contribution < 1.29 is 18.3 Å². The second-order valence-corrected chi connectivity index (χ2v) is 3.23. The second kappa shape index (κ2) is 3.67. The first-order valence-corrected chi connectivity index (χ1v) is 4.21. The van der Waals surface area contributed by atoms with Crippen LogP contribution in [0.3, 0.4) is 0 Å². The highest BCUT2D eigenvalue weighted by Crippen LogP contribution is 2.36. The van der Waals surface area contributed by atoms with Gasteiger partial charge in [-0.1, -0.05) is 12.1 Å². The number of aliphatic hydroxyl groups excluding tert-OH is 1. The molecular weight excluding hydrogens is 249 g/mol. The summed E-state index contributed by atoms with van der Waals surface area (Å²) in [5.41, 5.74) is -0.533. The van der Waals surface area contributed by atoms with Crippen LogP contribution >= 0.6 is 15.9 Å². The maximum absolute atomic E-state index is 12.3. The Bertz CT molecular complexity index is 309. The predicted molar refractivity (Wildman–Crippen MR) is 45.1 cm³/mol. The Morgan fingerprint density at radius 1 is 1.31 bits per heavy atom. The Morgan fingerprint density at radius 3 is 2.38 bits per heavy atom. The van der Waals surface area contributed by atoms with Crippen molar-refractivity contribution in [2.75, 3.05) is 0 Å². The fraction of sp³-hybridized carbons (Fsp3) is 0.250. The van der Waals surface area contributed by atoms with E-state index in [1.165, 1.54) is 12.1 Å². The van der Waals surface area contributed by atoms with E-state index in [-0.39, 0.29) is 10.0 Å². The van der Waals surface area contributed by atoms with Crippen molar-refractivity contribution in [3.8, 4) is 0 Å². The summed E-state index contributed by atoms with van der Waals surface area (Å²) in [6.45, 7) is -0.412. The highest BCUT2D eigenvalue weighted by Gasteiger charge is 2.33. The number of benzene rings is 1. The standard InChI is InChI=1S/C8H6BrF3O/c9-7-5(4-13)2-1-3-6(7)8(10,11)12/h1-3,13H,4H2. The smallest absolute Gasteiger partial charge is 0.392 e. The minimum Gasteiger partial charge on any atom is -0.392 e. The van der Waals surface area contributed by atoms with Gasteiger partial charge >= 0.3 is 6.18 Å². The van der Waals surface area contributed by atoms with Gasteiger partial charge in [-0.3, -0.25) is 0 Å². The Morgan fingerprint density at radius 2 is 1.92 bits per heavy atom. The van der Waals surface area contributed by atoms with E-state index in [4.69, 9.17) is 5.11 Å². The molecule has 0 amide bonds. The largest absolute Gasteiger partial charge is 0.417 e. The van der Waals surface area contributed by atoms with Gasteiger partial charge < -0.3 is 5.11 Å². The molecule has 1 rings (SSSR count). The van der Waals surface area contributed by atoms with Gasteiger partial charge in [0.15, 0.2) is 0 Å². The Labute approximate surface area is 81.3 Å². The van der Waals surface area contributed by atoms with Gasteiger partial charge in [-0.15, -0.1) is 0 Å². The van der Waals surface area contributed by atoms with Crippen molar-refractivity contribution in [1.29, 1.82) is 0 Å². The molecule has 0 aliphatic carbocycles. The van der Waals surface area contributed by atoms with Crippen molar-refractivity contribution in [2.24, 2.45) is 0 Å². The number of hydrogen-bond acceptors (Lipinski definition) is 1. The number of aliphatic hydroxyl groups is 1. The minimum absolute atomic E-state index is 0.0926. The fourth-order valence-electron chi connectivity index (χ4n) is 0.921. The SMILES string of the molecule is OCc1cccc(C(F)(F)F)c1Br. The molecule has 0 spiro atoms. The van der Waals surface area contributed by atoms with Crippen LogP contribution < -0.4 is 0 Å². The summed E-state index contributed by atoms with van der Waals surface area (Å²) in [6.07, 6.45) is -4.38. The second-order valence-electron chi connectivity index (χ2n) is 2.43. The van der Waals surface area contributed by atoms with E-state index in [0.717, 1.165) is 6.07 Å². The third-order valence-electron chi connectivity index (χ3n) is 1.55. The average molecular weight is 255 g/mol. The molecule has 72 valence electrons. The molecule has 0 saturated carbocycles. The van der Waals surface area contributed by atoms with E-state index < -0.39 is 18.3 Å². The third kappa shape index (κ3) is 2.22. The van der Waals surface area contributed by atoms with E-state index in [2.05, 4.69) is 15.9 Å². The molecule has 1 N–H and O–H groups in total. The van der Waals surface area contributed by atoms with Gasteiger partial charge in [0.1, 0.15) is 0 Å². The lowest BCUT2D eigenvalue weighted by molar-refractivity contribution is -0.138.